The van der Waals surface area contributed by atoms with E-state index >= 15 is 0 Å². The van der Waals surface area contributed by atoms with Crippen LogP contribution in [0.4, 0.5) is 4.39 Å². The van der Waals surface area contributed by atoms with Crippen LogP contribution in [0.1, 0.15) is 0 Å². The van der Waals surface area contributed by atoms with Crippen LogP contribution in [0.2, 0.25) is 0 Å². The minimum atomic E-state index is -0.426. The lowest BCUT2D eigenvalue weighted by molar-refractivity contribution is 0.443. The summed E-state index contributed by atoms with van der Waals surface area (Å²) in [5.74, 6) is 0. The zero-order valence-corrected chi connectivity index (χ0v) is 4.13. The van der Waals surface area contributed by atoms with Crippen LogP contribution in [-0.2, 0) is 6.54 Å². The van der Waals surface area contributed by atoms with Gasteiger partial charge in [0, 0.05) is 0 Å². The van der Waals surface area contributed by atoms with Crippen molar-refractivity contribution < 1.29 is 4.39 Å². The van der Waals surface area contributed by atoms with Gasteiger partial charge in [-0.1, -0.05) is 0 Å². The first-order valence-electron chi connectivity index (χ1n) is 2.18. The quantitative estimate of drug-likeness (QED) is 0.534. The molecule has 1 aromatic rings. The van der Waals surface area contributed by atoms with E-state index in [9.17, 15) is 4.39 Å². The molecule has 0 unspecified atom stereocenters. The molecular formula is C4H4FN3. The standard InChI is InChI=1S/C4H4FN3/c5-1-2-8-3-6-7-4-8/h1-2H2. The number of alkyl halides is 1. The van der Waals surface area contributed by atoms with Crippen molar-refractivity contribution in [2.75, 3.05) is 6.67 Å². The molecule has 0 aromatic carbocycles. The summed E-state index contributed by atoms with van der Waals surface area (Å²) in [6.07, 6.45) is 4.80. The Labute approximate surface area is 46.2 Å². The zero-order chi connectivity index (χ0) is 5.82. The molecule has 0 aliphatic heterocycles. The molecule has 0 aliphatic carbocycles. The number of rotatable bonds is 2. The fourth-order valence-electron chi connectivity index (χ4n) is 0.360. The number of halogens is 1. The van der Waals surface area contributed by atoms with Crippen molar-refractivity contribution in [3.8, 4) is 0 Å². The SMILES string of the molecule is FCCn1[c]nn[c]1. The third-order valence-electron chi connectivity index (χ3n) is 0.689. The van der Waals surface area contributed by atoms with Crippen LogP contribution in [0.25, 0.3) is 0 Å². The summed E-state index contributed by atoms with van der Waals surface area (Å²) in [4.78, 5) is 0. The van der Waals surface area contributed by atoms with Crippen LogP contribution >= 0.6 is 0 Å². The first-order valence-corrected chi connectivity index (χ1v) is 2.18. The Morgan fingerprint density at radius 3 is 2.50 bits per heavy atom. The normalized spacial score (nSPS) is 9.62. The van der Waals surface area contributed by atoms with Crippen molar-refractivity contribution in [3.63, 3.8) is 0 Å². The maximum absolute atomic E-state index is 11.4. The molecule has 0 amide bonds. The highest BCUT2D eigenvalue weighted by Gasteiger charge is 1.87. The highest BCUT2D eigenvalue weighted by Crippen LogP contribution is 1.78. The van der Waals surface area contributed by atoms with E-state index in [-0.39, 0.29) is 6.54 Å². The molecule has 0 saturated carbocycles. The molecular weight excluding hydrogens is 109 g/mol. The van der Waals surface area contributed by atoms with Crippen LogP contribution in [0, 0.1) is 12.7 Å². The van der Waals surface area contributed by atoms with E-state index in [1.54, 1.807) is 0 Å². The van der Waals surface area contributed by atoms with Gasteiger partial charge in [-0.15, -0.1) is 10.2 Å². The fourth-order valence-corrected chi connectivity index (χ4v) is 0.360. The van der Waals surface area contributed by atoms with Gasteiger partial charge in [-0.3, -0.25) is 4.57 Å². The molecule has 0 fully saturated rings. The van der Waals surface area contributed by atoms with Crippen molar-refractivity contribution in [1.29, 1.82) is 0 Å². The second kappa shape index (κ2) is 2.40. The van der Waals surface area contributed by atoms with Crippen molar-refractivity contribution in [2.45, 2.75) is 6.54 Å². The van der Waals surface area contributed by atoms with E-state index < -0.39 is 6.67 Å². The average Bonchev–Trinajstić information content (AvgIpc) is 2.19. The van der Waals surface area contributed by atoms with Gasteiger partial charge in [0.1, 0.15) is 6.67 Å². The van der Waals surface area contributed by atoms with Gasteiger partial charge in [0.05, 0.1) is 6.54 Å². The van der Waals surface area contributed by atoms with Crippen LogP contribution in [0.5, 0.6) is 0 Å². The number of aromatic nitrogens is 3. The van der Waals surface area contributed by atoms with Crippen molar-refractivity contribution >= 4 is 0 Å². The molecule has 2 radical (unpaired) electrons. The summed E-state index contributed by atoms with van der Waals surface area (Å²) in [5.41, 5.74) is 0. The maximum atomic E-state index is 11.4. The molecule has 0 N–H and O–H groups in total. The minimum Gasteiger partial charge on any atom is -0.299 e. The Kier molecular flexibility index (Phi) is 1.56. The summed E-state index contributed by atoms with van der Waals surface area (Å²) >= 11 is 0. The van der Waals surface area contributed by atoms with E-state index in [1.165, 1.54) is 4.57 Å². The lowest BCUT2D eigenvalue weighted by atomic mass is 10.7. The summed E-state index contributed by atoms with van der Waals surface area (Å²) < 4.78 is 12.8. The molecule has 4 heteroatoms. The molecule has 0 saturated heterocycles. The Hall–Kier alpha value is -0.930. The van der Waals surface area contributed by atoms with Gasteiger partial charge in [0.25, 0.3) is 0 Å². The predicted molar refractivity (Wildman–Crippen MR) is 23.7 cm³/mol. The Morgan fingerprint density at radius 1 is 1.38 bits per heavy atom. The molecule has 1 heterocycles. The average molecular weight is 113 g/mol. The fraction of sp³-hybridized carbons (Fsp3) is 0.500. The largest absolute Gasteiger partial charge is 0.299 e. The predicted octanol–water partition coefficient (Wildman–Crippen LogP) is -0.152. The molecule has 0 bridgehead atoms. The molecule has 0 spiro atoms. The second-order valence-electron chi connectivity index (χ2n) is 1.24. The highest BCUT2D eigenvalue weighted by atomic mass is 19.1. The van der Waals surface area contributed by atoms with Gasteiger partial charge < -0.3 is 0 Å². The Morgan fingerprint density at radius 2 is 2.00 bits per heavy atom. The molecule has 42 valence electrons. The van der Waals surface area contributed by atoms with Crippen LogP contribution in [0.3, 0.4) is 0 Å². The molecule has 0 aliphatic rings. The summed E-state index contributed by atoms with van der Waals surface area (Å²) in [6.45, 7) is -0.183. The Bertz CT molecular complexity index is 137. The topological polar surface area (TPSA) is 30.7 Å². The first kappa shape index (κ1) is 5.21. The lowest BCUT2D eigenvalue weighted by Gasteiger charge is -1.87. The van der Waals surface area contributed by atoms with Crippen LogP contribution < -0.4 is 0 Å². The molecule has 0 atom stereocenters. The number of hydrogen-bond donors (Lipinski definition) is 0. The van der Waals surface area contributed by atoms with Crippen LogP contribution in [0.15, 0.2) is 0 Å². The third-order valence-corrected chi connectivity index (χ3v) is 0.689. The summed E-state index contributed by atoms with van der Waals surface area (Å²) in [7, 11) is 0. The minimum absolute atomic E-state index is 0.243. The molecule has 1 aromatic heterocycles. The van der Waals surface area contributed by atoms with Gasteiger partial charge in [0.2, 0.25) is 12.7 Å². The van der Waals surface area contributed by atoms with E-state index in [0.717, 1.165) is 0 Å². The molecule has 1 rings (SSSR count). The molecule has 3 nitrogen and oxygen atoms in total. The van der Waals surface area contributed by atoms with E-state index in [2.05, 4.69) is 22.9 Å². The number of aryl methyl sites for hydroxylation is 1. The molecule has 8 heavy (non-hydrogen) atoms. The smallest absolute Gasteiger partial charge is 0.202 e. The Balaban J connectivity index is 2.50. The first-order chi connectivity index (χ1) is 3.93. The highest BCUT2D eigenvalue weighted by molar-refractivity contribution is 4.53. The van der Waals surface area contributed by atoms with Crippen LogP contribution in [-0.4, -0.2) is 21.4 Å². The summed E-state index contributed by atoms with van der Waals surface area (Å²) in [6, 6.07) is 0. The monoisotopic (exact) mass is 113 g/mol. The van der Waals surface area contributed by atoms with E-state index in [4.69, 9.17) is 0 Å². The van der Waals surface area contributed by atoms with Gasteiger partial charge in [-0.25, -0.2) is 4.39 Å². The van der Waals surface area contributed by atoms with Gasteiger partial charge in [-0.05, 0) is 0 Å². The van der Waals surface area contributed by atoms with Crippen molar-refractivity contribution in [1.82, 2.24) is 14.8 Å². The van der Waals surface area contributed by atoms with Gasteiger partial charge in [0.15, 0.2) is 0 Å². The van der Waals surface area contributed by atoms with Crippen molar-refractivity contribution in [2.24, 2.45) is 0 Å². The summed E-state index contributed by atoms with van der Waals surface area (Å²) in [5, 5.41) is 6.61. The lowest BCUT2D eigenvalue weighted by Crippen LogP contribution is -1.95. The van der Waals surface area contributed by atoms with E-state index in [1.807, 2.05) is 0 Å². The zero-order valence-electron chi connectivity index (χ0n) is 4.13. The van der Waals surface area contributed by atoms with Gasteiger partial charge >= 0.3 is 0 Å². The number of hydrogen-bond acceptors (Lipinski definition) is 2. The van der Waals surface area contributed by atoms with E-state index in [0.29, 0.717) is 0 Å². The van der Waals surface area contributed by atoms with Crippen molar-refractivity contribution in [3.05, 3.63) is 12.7 Å². The number of nitrogens with zero attached hydrogens (tertiary/aromatic N) is 3. The maximum Gasteiger partial charge on any atom is 0.202 e. The van der Waals surface area contributed by atoms with Gasteiger partial charge in [-0.2, -0.15) is 0 Å². The second-order valence-corrected chi connectivity index (χ2v) is 1.24. The third kappa shape index (κ3) is 1.02.